The van der Waals surface area contributed by atoms with E-state index >= 15 is 0 Å². The maximum Gasteiger partial charge on any atom is 0.143 e. The number of hydrogen-bond donors (Lipinski definition) is 1. The molecule has 0 aromatic heterocycles. The molecule has 0 saturated heterocycles. The van der Waals surface area contributed by atoms with Crippen LogP contribution in [0.3, 0.4) is 0 Å². The van der Waals surface area contributed by atoms with Crippen molar-refractivity contribution in [2.24, 2.45) is 0 Å². The van der Waals surface area contributed by atoms with E-state index in [0.29, 0.717) is 5.75 Å². The molecule has 23 heavy (non-hydrogen) atoms. The smallest absolute Gasteiger partial charge is 0.143 e. The fourth-order valence-corrected chi connectivity index (χ4v) is 3.27. The minimum atomic E-state index is 0.138. The van der Waals surface area contributed by atoms with Crippen molar-refractivity contribution in [3.05, 3.63) is 53.1 Å². The monoisotopic (exact) mass is 311 g/mol. The van der Waals surface area contributed by atoms with Crippen molar-refractivity contribution in [3.8, 4) is 11.5 Å². The minimum Gasteiger partial charge on any atom is -0.508 e. The molecule has 0 bridgehead atoms. The Morgan fingerprint density at radius 2 is 2.00 bits per heavy atom. The van der Waals surface area contributed by atoms with Gasteiger partial charge in [-0.3, -0.25) is 0 Å². The minimum absolute atomic E-state index is 0.138. The molecule has 0 fully saturated rings. The fraction of sp³-hybridized carbons (Fsp3) is 0.400. The Morgan fingerprint density at radius 3 is 2.78 bits per heavy atom. The van der Waals surface area contributed by atoms with Crippen LogP contribution in [0.1, 0.15) is 30.0 Å². The Bertz CT molecular complexity index is 696. The highest BCUT2D eigenvalue weighted by atomic mass is 16.5. The lowest BCUT2D eigenvalue weighted by Gasteiger charge is -2.36. The molecular weight excluding hydrogens is 286 g/mol. The summed E-state index contributed by atoms with van der Waals surface area (Å²) < 4.78 is 6.21. The summed E-state index contributed by atoms with van der Waals surface area (Å²) >= 11 is 0. The molecule has 2 aromatic carbocycles. The number of nitrogens with zero attached hydrogens (tertiary/aromatic N) is 1. The van der Waals surface area contributed by atoms with Gasteiger partial charge in [0.15, 0.2) is 0 Å². The van der Waals surface area contributed by atoms with E-state index in [1.165, 1.54) is 16.7 Å². The predicted octanol–water partition coefficient (Wildman–Crippen LogP) is 4.23. The second-order valence-electron chi connectivity index (χ2n) is 6.47. The van der Waals surface area contributed by atoms with Crippen LogP contribution in [0, 0.1) is 13.8 Å². The molecular formula is C20H25NO2. The molecule has 3 rings (SSSR count). The molecule has 3 heteroatoms. The molecule has 1 unspecified atom stereocenters. The Kier molecular flexibility index (Phi) is 4.46. The third-order valence-corrected chi connectivity index (χ3v) is 4.45. The molecule has 2 aromatic rings. The van der Waals surface area contributed by atoms with Crippen LogP contribution in [-0.4, -0.2) is 24.3 Å². The number of ether oxygens (including phenoxy) is 1. The zero-order valence-electron chi connectivity index (χ0n) is 14.2. The Morgan fingerprint density at radius 1 is 1.17 bits per heavy atom. The SMILES string of the molecule is CCCN1CC(Cc2cc(C)ccc2C)Oc2ccc(O)cc21. The summed E-state index contributed by atoms with van der Waals surface area (Å²) in [4.78, 5) is 2.33. The van der Waals surface area contributed by atoms with E-state index in [-0.39, 0.29) is 6.10 Å². The summed E-state index contributed by atoms with van der Waals surface area (Å²) in [7, 11) is 0. The number of phenols is 1. The highest BCUT2D eigenvalue weighted by Crippen LogP contribution is 2.37. The van der Waals surface area contributed by atoms with Gasteiger partial charge in [0.2, 0.25) is 0 Å². The quantitative estimate of drug-likeness (QED) is 0.917. The van der Waals surface area contributed by atoms with Crippen LogP contribution in [0.4, 0.5) is 5.69 Å². The molecule has 0 amide bonds. The first kappa shape index (κ1) is 15.7. The van der Waals surface area contributed by atoms with Gasteiger partial charge in [0.1, 0.15) is 17.6 Å². The second kappa shape index (κ2) is 6.53. The summed E-state index contributed by atoms with van der Waals surface area (Å²) in [6.45, 7) is 8.30. The number of phenolic OH excluding ortho intramolecular Hbond substituents is 1. The molecule has 1 atom stereocenters. The lowest BCUT2D eigenvalue weighted by atomic mass is 9.99. The van der Waals surface area contributed by atoms with Crippen molar-refractivity contribution in [2.75, 3.05) is 18.0 Å². The van der Waals surface area contributed by atoms with Crippen molar-refractivity contribution in [2.45, 2.75) is 39.7 Å². The van der Waals surface area contributed by atoms with E-state index < -0.39 is 0 Å². The van der Waals surface area contributed by atoms with E-state index in [1.807, 2.05) is 6.07 Å². The molecule has 1 aliphatic rings. The van der Waals surface area contributed by atoms with Crippen molar-refractivity contribution in [1.82, 2.24) is 0 Å². The third kappa shape index (κ3) is 3.44. The van der Waals surface area contributed by atoms with Gasteiger partial charge in [-0.1, -0.05) is 30.7 Å². The van der Waals surface area contributed by atoms with Gasteiger partial charge in [-0.05, 0) is 43.5 Å². The lowest BCUT2D eigenvalue weighted by molar-refractivity contribution is 0.193. The standard InChI is InChI=1S/C20H25NO2/c1-4-9-21-13-18(11-16-10-14(2)5-6-15(16)3)23-20-8-7-17(22)12-19(20)21/h5-8,10,12,18,22H,4,9,11,13H2,1-3H3. The Balaban J connectivity index is 1.85. The Hall–Kier alpha value is -2.16. The van der Waals surface area contributed by atoms with E-state index in [1.54, 1.807) is 12.1 Å². The zero-order valence-corrected chi connectivity index (χ0v) is 14.2. The maximum atomic E-state index is 9.76. The molecule has 0 radical (unpaired) electrons. The number of aromatic hydroxyl groups is 1. The molecule has 1 heterocycles. The Labute approximate surface area is 138 Å². The summed E-state index contributed by atoms with van der Waals surface area (Å²) in [6.07, 6.45) is 2.12. The summed E-state index contributed by atoms with van der Waals surface area (Å²) in [5.41, 5.74) is 4.97. The number of rotatable bonds is 4. The summed E-state index contributed by atoms with van der Waals surface area (Å²) in [5.74, 6) is 1.17. The molecule has 1 aliphatic heterocycles. The number of anilines is 1. The van der Waals surface area contributed by atoms with Crippen molar-refractivity contribution in [3.63, 3.8) is 0 Å². The summed E-state index contributed by atoms with van der Waals surface area (Å²) in [6, 6.07) is 12.0. The predicted molar refractivity (Wildman–Crippen MR) is 94.6 cm³/mol. The van der Waals surface area contributed by atoms with Crippen LogP contribution < -0.4 is 9.64 Å². The van der Waals surface area contributed by atoms with E-state index in [2.05, 4.69) is 43.9 Å². The van der Waals surface area contributed by atoms with Crippen LogP contribution >= 0.6 is 0 Å². The lowest BCUT2D eigenvalue weighted by Crippen LogP contribution is -2.41. The molecule has 3 nitrogen and oxygen atoms in total. The first-order valence-electron chi connectivity index (χ1n) is 8.37. The van der Waals surface area contributed by atoms with Crippen molar-refractivity contribution >= 4 is 5.69 Å². The van der Waals surface area contributed by atoms with Gasteiger partial charge < -0.3 is 14.7 Å². The largest absolute Gasteiger partial charge is 0.508 e. The number of aryl methyl sites for hydroxylation is 2. The first-order chi connectivity index (χ1) is 11.1. The third-order valence-electron chi connectivity index (χ3n) is 4.45. The van der Waals surface area contributed by atoms with Gasteiger partial charge in [-0.25, -0.2) is 0 Å². The fourth-order valence-electron chi connectivity index (χ4n) is 3.27. The summed E-state index contributed by atoms with van der Waals surface area (Å²) in [5, 5.41) is 9.76. The second-order valence-corrected chi connectivity index (χ2v) is 6.47. The highest BCUT2D eigenvalue weighted by molar-refractivity contribution is 5.63. The van der Waals surface area contributed by atoms with Gasteiger partial charge in [-0.15, -0.1) is 0 Å². The normalized spacial score (nSPS) is 16.8. The van der Waals surface area contributed by atoms with Crippen LogP contribution in [0.15, 0.2) is 36.4 Å². The average Bonchev–Trinajstić information content (AvgIpc) is 2.52. The van der Waals surface area contributed by atoms with E-state index in [4.69, 9.17) is 4.74 Å². The van der Waals surface area contributed by atoms with Crippen LogP contribution in [0.5, 0.6) is 11.5 Å². The highest BCUT2D eigenvalue weighted by Gasteiger charge is 2.26. The van der Waals surface area contributed by atoms with Crippen molar-refractivity contribution < 1.29 is 9.84 Å². The molecule has 0 spiro atoms. The average molecular weight is 311 g/mol. The van der Waals surface area contributed by atoms with Gasteiger partial charge in [-0.2, -0.15) is 0 Å². The van der Waals surface area contributed by atoms with Crippen molar-refractivity contribution in [1.29, 1.82) is 0 Å². The maximum absolute atomic E-state index is 9.76. The number of hydrogen-bond acceptors (Lipinski definition) is 3. The molecule has 122 valence electrons. The molecule has 0 aliphatic carbocycles. The van der Waals surface area contributed by atoms with Gasteiger partial charge in [0, 0.05) is 19.0 Å². The van der Waals surface area contributed by atoms with Crippen LogP contribution in [0.2, 0.25) is 0 Å². The molecule has 1 N–H and O–H groups in total. The number of fused-ring (bicyclic) bond motifs is 1. The van der Waals surface area contributed by atoms with Crippen LogP contribution in [-0.2, 0) is 6.42 Å². The van der Waals surface area contributed by atoms with Crippen LogP contribution in [0.25, 0.3) is 0 Å². The molecule has 0 saturated carbocycles. The topological polar surface area (TPSA) is 32.7 Å². The van der Waals surface area contributed by atoms with Gasteiger partial charge >= 0.3 is 0 Å². The number of benzene rings is 2. The van der Waals surface area contributed by atoms with Gasteiger partial charge in [0.05, 0.1) is 12.2 Å². The first-order valence-corrected chi connectivity index (χ1v) is 8.37. The zero-order chi connectivity index (χ0) is 16.4. The van der Waals surface area contributed by atoms with Gasteiger partial charge in [0.25, 0.3) is 0 Å². The van der Waals surface area contributed by atoms with E-state index in [9.17, 15) is 5.11 Å². The van der Waals surface area contributed by atoms with E-state index in [0.717, 1.165) is 37.4 Å².